The van der Waals surface area contributed by atoms with Crippen molar-refractivity contribution in [3.8, 4) is 11.8 Å². The molecule has 3 aromatic rings. The van der Waals surface area contributed by atoms with Crippen LogP contribution >= 0.6 is 23.2 Å². The van der Waals surface area contributed by atoms with Gasteiger partial charge in [0.2, 0.25) is 0 Å². The summed E-state index contributed by atoms with van der Waals surface area (Å²) in [4.78, 5) is 0. The maximum atomic E-state index is 9.50. The number of halogens is 2. The van der Waals surface area contributed by atoms with E-state index in [4.69, 9.17) is 28.3 Å². The van der Waals surface area contributed by atoms with Crippen molar-refractivity contribution >= 4 is 29.0 Å². The van der Waals surface area contributed by atoms with Crippen LogP contribution in [0.15, 0.2) is 42.5 Å². The number of fused-ring (bicyclic) bond motifs is 1. The topological polar surface area (TPSA) is 53.6 Å². The van der Waals surface area contributed by atoms with Gasteiger partial charge in [-0.15, -0.1) is 0 Å². The van der Waals surface area contributed by atoms with Crippen LogP contribution in [0.2, 0.25) is 10.0 Å². The predicted molar refractivity (Wildman–Crippen MR) is 109 cm³/mol. The Labute approximate surface area is 168 Å². The molecule has 2 heterocycles. The molecule has 27 heavy (non-hydrogen) atoms. The number of nitrogens with one attached hydrogen (secondary N) is 1. The lowest BCUT2D eigenvalue weighted by molar-refractivity contribution is 0.767. The number of rotatable bonds is 3. The van der Waals surface area contributed by atoms with Crippen molar-refractivity contribution in [3.63, 3.8) is 0 Å². The fourth-order valence-electron chi connectivity index (χ4n) is 3.49. The van der Waals surface area contributed by atoms with Gasteiger partial charge in [-0.3, -0.25) is 0 Å². The lowest BCUT2D eigenvalue weighted by Gasteiger charge is -2.10. The molecule has 0 amide bonds. The second-order valence-electron chi connectivity index (χ2n) is 6.61. The molecule has 0 aliphatic carbocycles. The summed E-state index contributed by atoms with van der Waals surface area (Å²) in [5.74, 6) is 0.982. The van der Waals surface area contributed by atoms with Crippen LogP contribution < -0.4 is 5.32 Å². The highest BCUT2D eigenvalue weighted by Crippen LogP contribution is 2.32. The van der Waals surface area contributed by atoms with Gasteiger partial charge in [-0.2, -0.15) is 10.4 Å². The van der Waals surface area contributed by atoms with Crippen molar-refractivity contribution in [3.05, 3.63) is 74.9 Å². The zero-order valence-electron chi connectivity index (χ0n) is 14.7. The van der Waals surface area contributed by atoms with Crippen molar-refractivity contribution in [2.24, 2.45) is 0 Å². The molecule has 1 aliphatic heterocycles. The van der Waals surface area contributed by atoms with Crippen LogP contribution in [0.1, 0.15) is 35.2 Å². The number of nitrogens with zero attached hydrogens (tertiary/aromatic N) is 3. The van der Waals surface area contributed by atoms with Crippen molar-refractivity contribution in [2.45, 2.75) is 25.7 Å². The van der Waals surface area contributed by atoms with E-state index in [0.717, 1.165) is 48.6 Å². The van der Waals surface area contributed by atoms with Crippen LogP contribution in [0.3, 0.4) is 0 Å². The lowest BCUT2D eigenvalue weighted by Crippen LogP contribution is -2.08. The minimum Gasteiger partial charge on any atom is -0.370 e. The molecular formula is C21H18Cl2N4. The van der Waals surface area contributed by atoms with Gasteiger partial charge < -0.3 is 5.32 Å². The van der Waals surface area contributed by atoms with Gasteiger partial charge in [0.15, 0.2) is 0 Å². The first-order chi connectivity index (χ1) is 13.2. The number of nitriles is 1. The first kappa shape index (κ1) is 17.9. The summed E-state index contributed by atoms with van der Waals surface area (Å²) in [5, 5.41) is 19.2. The van der Waals surface area contributed by atoms with E-state index in [1.54, 1.807) is 6.07 Å². The summed E-state index contributed by atoms with van der Waals surface area (Å²) in [5.41, 5.74) is 4.57. The van der Waals surface area contributed by atoms with Crippen molar-refractivity contribution in [1.82, 2.24) is 9.78 Å². The molecular weight excluding hydrogens is 379 g/mol. The first-order valence-corrected chi connectivity index (χ1v) is 9.71. The summed E-state index contributed by atoms with van der Waals surface area (Å²) < 4.78 is 1.87. The van der Waals surface area contributed by atoms with E-state index in [9.17, 15) is 5.26 Å². The van der Waals surface area contributed by atoms with Crippen LogP contribution in [-0.4, -0.2) is 16.3 Å². The van der Waals surface area contributed by atoms with Crippen LogP contribution in [0.5, 0.6) is 0 Å². The van der Waals surface area contributed by atoms with E-state index in [2.05, 4.69) is 11.4 Å². The summed E-state index contributed by atoms with van der Waals surface area (Å²) in [6.07, 6.45) is 3.79. The zero-order valence-corrected chi connectivity index (χ0v) is 16.2. The minimum absolute atomic E-state index is 0.602. The molecule has 6 heteroatoms. The normalized spacial score (nSPS) is 13.4. The Hall–Kier alpha value is -2.48. The summed E-state index contributed by atoms with van der Waals surface area (Å²) in [6.45, 7) is 0.897. The molecule has 0 fully saturated rings. The second-order valence-corrected chi connectivity index (χ2v) is 7.45. The Bertz CT molecular complexity index is 1030. The van der Waals surface area contributed by atoms with Gasteiger partial charge in [-0.05, 0) is 49.1 Å². The molecule has 0 saturated carbocycles. The standard InChI is InChI=1S/C21H18Cl2N4/c22-16-9-8-14(18(23)12-16)11-19-17-6-3-4-10-25-21(17)27(26-19)20-7-2-1-5-15(20)13-24/h1-2,5,7-9,12,25H,3-4,6,10-11H2. The van der Waals surface area contributed by atoms with E-state index < -0.39 is 0 Å². The Balaban J connectivity index is 1.83. The SMILES string of the molecule is N#Cc1ccccc1-n1nc(Cc2ccc(Cl)cc2Cl)c2c1NCCCC2. The van der Waals surface area contributed by atoms with E-state index >= 15 is 0 Å². The quantitative estimate of drug-likeness (QED) is 0.645. The molecule has 0 spiro atoms. The maximum absolute atomic E-state index is 9.50. The molecule has 136 valence electrons. The Morgan fingerprint density at radius 2 is 2.00 bits per heavy atom. The van der Waals surface area contributed by atoms with Gasteiger partial charge >= 0.3 is 0 Å². The van der Waals surface area contributed by atoms with Crippen LogP contribution in [-0.2, 0) is 12.8 Å². The molecule has 0 saturated heterocycles. The Morgan fingerprint density at radius 3 is 2.81 bits per heavy atom. The minimum atomic E-state index is 0.602. The molecule has 0 radical (unpaired) electrons. The summed E-state index contributed by atoms with van der Waals surface area (Å²) in [6, 6.07) is 15.4. The third-order valence-electron chi connectivity index (χ3n) is 4.84. The van der Waals surface area contributed by atoms with Crippen LogP contribution in [0.25, 0.3) is 5.69 Å². The van der Waals surface area contributed by atoms with E-state index in [1.165, 1.54) is 5.56 Å². The maximum Gasteiger partial charge on any atom is 0.133 e. The van der Waals surface area contributed by atoms with Crippen LogP contribution in [0, 0.1) is 11.3 Å². The summed E-state index contributed by atoms with van der Waals surface area (Å²) >= 11 is 12.4. The molecule has 4 rings (SSSR count). The van der Waals surface area contributed by atoms with Gasteiger partial charge in [0.25, 0.3) is 0 Å². The highest BCUT2D eigenvalue weighted by Gasteiger charge is 2.22. The number of hydrogen-bond acceptors (Lipinski definition) is 3. The fraction of sp³-hybridized carbons (Fsp3) is 0.238. The number of hydrogen-bond donors (Lipinski definition) is 1. The smallest absolute Gasteiger partial charge is 0.133 e. The number of anilines is 1. The number of aromatic nitrogens is 2. The van der Waals surface area contributed by atoms with Gasteiger partial charge in [-0.25, -0.2) is 4.68 Å². The average molecular weight is 397 g/mol. The lowest BCUT2D eigenvalue weighted by atomic mass is 10.0. The van der Waals surface area contributed by atoms with Gasteiger partial charge in [0, 0.05) is 28.6 Å². The van der Waals surface area contributed by atoms with Gasteiger partial charge in [0.05, 0.1) is 16.9 Å². The predicted octanol–water partition coefficient (Wildman–Crippen LogP) is 5.39. The monoisotopic (exact) mass is 396 g/mol. The molecule has 1 aliphatic rings. The van der Waals surface area contributed by atoms with Crippen LogP contribution in [0.4, 0.5) is 5.82 Å². The first-order valence-electron chi connectivity index (χ1n) is 8.95. The molecule has 0 bridgehead atoms. The fourth-order valence-corrected chi connectivity index (χ4v) is 3.96. The molecule has 0 unspecified atom stereocenters. The van der Waals surface area contributed by atoms with E-state index in [0.29, 0.717) is 22.0 Å². The third kappa shape index (κ3) is 3.53. The molecule has 2 aromatic carbocycles. The van der Waals surface area contributed by atoms with Crippen molar-refractivity contribution < 1.29 is 0 Å². The Morgan fingerprint density at radius 1 is 1.15 bits per heavy atom. The number of benzene rings is 2. The van der Waals surface area contributed by atoms with Gasteiger partial charge in [0.1, 0.15) is 11.9 Å². The Kier molecular flexibility index (Phi) is 5.07. The van der Waals surface area contributed by atoms with E-state index in [1.807, 2.05) is 41.1 Å². The highest BCUT2D eigenvalue weighted by molar-refractivity contribution is 6.35. The molecule has 4 nitrogen and oxygen atoms in total. The van der Waals surface area contributed by atoms with Gasteiger partial charge in [-0.1, -0.05) is 41.4 Å². The zero-order chi connectivity index (χ0) is 18.8. The third-order valence-corrected chi connectivity index (χ3v) is 5.43. The second kappa shape index (κ2) is 7.64. The number of para-hydroxylation sites is 1. The van der Waals surface area contributed by atoms with Crippen molar-refractivity contribution in [1.29, 1.82) is 5.26 Å². The molecule has 1 N–H and O–H groups in total. The molecule has 1 aromatic heterocycles. The average Bonchev–Trinajstić information content (AvgIpc) is 2.84. The summed E-state index contributed by atoms with van der Waals surface area (Å²) in [7, 11) is 0. The van der Waals surface area contributed by atoms with Crippen molar-refractivity contribution in [2.75, 3.05) is 11.9 Å². The highest BCUT2D eigenvalue weighted by atomic mass is 35.5. The van der Waals surface area contributed by atoms with E-state index in [-0.39, 0.29) is 0 Å². The largest absolute Gasteiger partial charge is 0.370 e. The molecule has 0 atom stereocenters.